The monoisotopic (exact) mass is 448 g/mol. The van der Waals surface area contributed by atoms with E-state index >= 15 is 0 Å². The molecule has 1 aromatic rings. The second-order valence-electron chi connectivity index (χ2n) is 8.08. The highest BCUT2D eigenvalue weighted by molar-refractivity contribution is 6.01. The minimum atomic E-state index is -4.49. The van der Waals surface area contributed by atoms with Gasteiger partial charge in [-0.1, -0.05) is 18.2 Å². The molecule has 0 aromatic heterocycles. The Hall–Kier alpha value is -3.30. The predicted octanol–water partition coefficient (Wildman–Crippen LogP) is 2.72. The Bertz CT molecular complexity index is 983. The van der Waals surface area contributed by atoms with E-state index in [2.05, 4.69) is 17.2 Å². The van der Waals surface area contributed by atoms with Gasteiger partial charge in [0, 0.05) is 25.6 Å². The first-order chi connectivity index (χ1) is 15.2. The maximum absolute atomic E-state index is 13.2. The number of hydrogen-bond donors (Lipinski definition) is 2. The van der Waals surface area contributed by atoms with Crippen molar-refractivity contribution in [3.05, 3.63) is 59.3 Å². The fourth-order valence-electron chi connectivity index (χ4n) is 3.93. The zero-order valence-corrected chi connectivity index (χ0v) is 17.2. The molecular formula is C22H23F3N4O3. The molecule has 2 aliphatic heterocycles. The average molecular weight is 448 g/mol. The lowest BCUT2D eigenvalue weighted by Gasteiger charge is -2.33. The Labute approximate surface area is 182 Å². The first-order valence-corrected chi connectivity index (χ1v) is 10.4. The highest BCUT2D eigenvalue weighted by Crippen LogP contribution is 2.37. The van der Waals surface area contributed by atoms with E-state index in [9.17, 15) is 27.6 Å². The van der Waals surface area contributed by atoms with E-state index in [-0.39, 0.29) is 43.9 Å². The Kier molecular flexibility index (Phi) is 5.70. The molecule has 4 amide bonds. The molecule has 32 heavy (non-hydrogen) atoms. The van der Waals surface area contributed by atoms with Crippen molar-refractivity contribution in [2.24, 2.45) is 0 Å². The molecule has 1 fully saturated rings. The minimum Gasteiger partial charge on any atom is -0.353 e. The summed E-state index contributed by atoms with van der Waals surface area (Å²) in [5, 5.41) is 5.59. The Morgan fingerprint density at radius 1 is 1.22 bits per heavy atom. The summed E-state index contributed by atoms with van der Waals surface area (Å²) in [4.78, 5) is 40.8. The van der Waals surface area contributed by atoms with Crippen molar-refractivity contribution in [2.45, 2.75) is 37.5 Å². The van der Waals surface area contributed by atoms with E-state index in [1.807, 2.05) is 0 Å². The number of nitrogens with zero attached hydrogens (tertiary/aromatic N) is 2. The van der Waals surface area contributed by atoms with Gasteiger partial charge in [0.05, 0.1) is 29.4 Å². The van der Waals surface area contributed by atoms with Gasteiger partial charge in [-0.3, -0.25) is 14.5 Å². The molecule has 2 heterocycles. The highest BCUT2D eigenvalue weighted by atomic mass is 19.4. The van der Waals surface area contributed by atoms with Crippen LogP contribution in [-0.2, 0) is 15.8 Å². The van der Waals surface area contributed by atoms with Crippen LogP contribution in [0.1, 0.15) is 36.4 Å². The van der Waals surface area contributed by atoms with Crippen molar-refractivity contribution in [3.8, 4) is 0 Å². The SMILES string of the molecule is C=CCN1C(=O)NC(c2ccc(C(F)(F)F)cc2)C2=C1CN(CCC(=O)NC1CC1)C2=O. The lowest BCUT2D eigenvalue weighted by Crippen LogP contribution is -2.47. The lowest BCUT2D eigenvalue weighted by molar-refractivity contribution is -0.137. The smallest absolute Gasteiger partial charge is 0.353 e. The van der Waals surface area contributed by atoms with Crippen LogP contribution in [0.2, 0.25) is 0 Å². The lowest BCUT2D eigenvalue weighted by atomic mass is 9.94. The number of carbonyl (C=O) groups excluding carboxylic acids is 3. The van der Waals surface area contributed by atoms with Gasteiger partial charge < -0.3 is 15.5 Å². The summed E-state index contributed by atoms with van der Waals surface area (Å²) in [6.07, 6.45) is -0.900. The quantitative estimate of drug-likeness (QED) is 0.630. The van der Waals surface area contributed by atoms with Crippen molar-refractivity contribution in [1.82, 2.24) is 20.4 Å². The number of hydrogen-bond acceptors (Lipinski definition) is 3. The van der Waals surface area contributed by atoms with Crippen molar-refractivity contribution >= 4 is 17.8 Å². The molecule has 7 nitrogen and oxygen atoms in total. The fraction of sp³-hybridized carbons (Fsp3) is 0.409. The second kappa shape index (κ2) is 8.33. The van der Waals surface area contributed by atoms with Crippen LogP contribution in [0.15, 0.2) is 48.2 Å². The third-order valence-electron chi connectivity index (χ3n) is 5.73. The number of amides is 4. The van der Waals surface area contributed by atoms with E-state index in [0.717, 1.165) is 25.0 Å². The molecule has 170 valence electrons. The second-order valence-corrected chi connectivity index (χ2v) is 8.08. The molecule has 1 saturated carbocycles. The Morgan fingerprint density at radius 2 is 1.91 bits per heavy atom. The fourth-order valence-corrected chi connectivity index (χ4v) is 3.93. The summed E-state index contributed by atoms with van der Waals surface area (Å²) < 4.78 is 38.8. The van der Waals surface area contributed by atoms with E-state index in [1.165, 1.54) is 28.0 Å². The summed E-state index contributed by atoms with van der Waals surface area (Å²) in [6, 6.07) is 3.26. The number of carbonyl (C=O) groups is 3. The van der Waals surface area contributed by atoms with Crippen LogP contribution in [0.3, 0.4) is 0 Å². The van der Waals surface area contributed by atoms with Crippen molar-refractivity contribution in [2.75, 3.05) is 19.6 Å². The molecule has 0 saturated heterocycles. The van der Waals surface area contributed by atoms with Crippen molar-refractivity contribution in [3.63, 3.8) is 0 Å². The van der Waals surface area contributed by atoms with Gasteiger partial charge in [-0.2, -0.15) is 13.2 Å². The molecule has 0 radical (unpaired) electrons. The van der Waals surface area contributed by atoms with E-state index in [4.69, 9.17) is 0 Å². The Morgan fingerprint density at radius 3 is 2.50 bits per heavy atom. The number of alkyl halides is 3. The summed E-state index contributed by atoms with van der Waals surface area (Å²) >= 11 is 0. The van der Waals surface area contributed by atoms with E-state index in [0.29, 0.717) is 16.8 Å². The summed E-state index contributed by atoms with van der Waals surface area (Å²) in [5.74, 6) is -0.486. The third-order valence-corrected chi connectivity index (χ3v) is 5.73. The van der Waals surface area contributed by atoms with Crippen LogP contribution in [-0.4, -0.2) is 53.3 Å². The average Bonchev–Trinajstić information content (AvgIpc) is 3.49. The van der Waals surface area contributed by atoms with Gasteiger partial charge in [-0.15, -0.1) is 6.58 Å². The van der Waals surface area contributed by atoms with Gasteiger partial charge in [-0.25, -0.2) is 4.79 Å². The standard InChI is InChI=1S/C22H23F3N4O3/c1-2-10-29-16-12-28(11-9-17(30)26-15-7-8-15)20(31)18(16)19(27-21(29)32)13-3-5-14(6-4-13)22(23,24)25/h2-6,15,19H,1,7-12H2,(H,26,30)(H,27,32). The first-order valence-electron chi connectivity index (χ1n) is 10.4. The highest BCUT2D eigenvalue weighted by Gasteiger charge is 2.44. The van der Waals surface area contributed by atoms with Gasteiger partial charge in [0.15, 0.2) is 0 Å². The van der Waals surface area contributed by atoms with Crippen molar-refractivity contribution in [1.29, 1.82) is 0 Å². The largest absolute Gasteiger partial charge is 0.416 e. The van der Waals surface area contributed by atoms with Crippen molar-refractivity contribution < 1.29 is 27.6 Å². The number of urea groups is 1. The van der Waals surface area contributed by atoms with Gasteiger partial charge in [0.25, 0.3) is 5.91 Å². The van der Waals surface area contributed by atoms with Crippen LogP contribution in [0.4, 0.5) is 18.0 Å². The molecule has 3 aliphatic rings. The molecular weight excluding hydrogens is 425 g/mol. The molecule has 0 bridgehead atoms. The molecule has 1 atom stereocenters. The van der Waals surface area contributed by atoms with Gasteiger partial charge in [0.1, 0.15) is 0 Å². The molecule has 1 aliphatic carbocycles. The zero-order chi connectivity index (χ0) is 23.0. The van der Waals surface area contributed by atoms with Gasteiger partial charge in [0.2, 0.25) is 5.91 Å². The predicted molar refractivity (Wildman–Crippen MR) is 109 cm³/mol. The molecule has 1 unspecified atom stereocenters. The van der Waals surface area contributed by atoms with Gasteiger partial charge >= 0.3 is 12.2 Å². The number of rotatable bonds is 7. The van der Waals surface area contributed by atoms with E-state index < -0.39 is 23.8 Å². The van der Waals surface area contributed by atoms with Crippen LogP contribution < -0.4 is 10.6 Å². The minimum absolute atomic E-state index is 0.135. The number of halogens is 3. The molecule has 2 N–H and O–H groups in total. The molecule has 1 aromatic carbocycles. The first kappa shape index (κ1) is 21.9. The maximum Gasteiger partial charge on any atom is 0.416 e. The molecule has 10 heteroatoms. The van der Waals surface area contributed by atoms with Gasteiger partial charge in [-0.05, 0) is 30.5 Å². The topological polar surface area (TPSA) is 81.8 Å². The molecule has 4 rings (SSSR count). The number of benzene rings is 1. The zero-order valence-electron chi connectivity index (χ0n) is 17.2. The third kappa shape index (κ3) is 4.35. The number of nitrogens with one attached hydrogen (secondary N) is 2. The molecule has 0 spiro atoms. The summed E-state index contributed by atoms with van der Waals surface area (Å²) in [5.41, 5.74) is 0.339. The van der Waals surface area contributed by atoms with Crippen LogP contribution in [0, 0.1) is 0 Å². The maximum atomic E-state index is 13.2. The normalized spacial score (nSPS) is 20.9. The van der Waals surface area contributed by atoms with Crippen LogP contribution in [0.5, 0.6) is 0 Å². The van der Waals surface area contributed by atoms with E-state index in [1.54, 1.807) is 0 Å². The van der Waals surface area contributed by atoms with Crippen LogP contribution >= 0.6 is 0 Å². The van der Waals surface area contributed by atoms with Crippen LogP contribution in [0.25, 0.3) is 0 Å². The summed E-state index contributed by atoms with van der Waals surface area (Å²) in [6.45, 7) is 4.14. The summed E-state index contributed by atoms with van der Waals surface area (Å²) in [7, 11) is 0. The Balaban J connectivity index is 1.58.